The summed E-state index contributed by atoms with van der Waals surface area (Å²) < 4.78 is 14.2. The summed E-state index contributed by atoms with van der Waals surface area (Å²) in [6.07, 6.45) is 3.52. The molecular weight excluding hydrogens is 495 g/mol. The molecular formula is C30H27FN6O2. The zero-order valence-corrected chi connectivity index (χ0v) is 21.2. The number of aromatic amines is 1. The van der Waals surface area contributed by atoms with Crippen LogP contribution in [0.25, 0.3) is 22.3 Å². The van der Waals surface area contributed by atoms with Crippen LogP contribution in [0.5, 0.6) is 5.75 Å². The number of H-pyrrole nitrogens is 1. The normalized spacial score (nSPS) is 14.3. The Labute approximate surface area is 224 Å². The molecule has 0 aliphatic carbocycles. The number of rotatable bonds is 6. The highest BCUT2D eigenvalue weighted by atomic mass is 19.1. The van der Waals surface area contributed by atoms with Gasteiger partial charge in [0, 0.05) is 47.0 Å². The lowest BCUT2D eigenvalue weighted by molar-refractivity contribution is 0.0942. The maximum Gasteiger partial charge on any atom is 0.252 e. The minimum atomic E-state index is -0.831. The van der Waals surface area contributed by atoms with Crippen LogP contribution < -0.4 is 16.0 Å². The number of carbonyl (C=O) groups is 1. The first-order chi connectivity index (χ1) is 18.8. The second kappa shape index (κ2) is 9.85. The molecule has 5 aromatic rings. The molecule has 5 N–H and O–H groups in total. The van der Waals surface area contributed by atoms with E-state index >= 15 is 0 Å². The number of phenols is 1. The number of para-hydroxylation sites is 1. The summed E-state index contributed by atoms with van der Waals surface area (Å²) in [5.74, 6) is -0.534. The van der Waals surface area contributed by atoms with Crippen molar-refractivity contribution >= 4 is 22.5 Å². The van der Waals surface area contributed by atoms with Crippen LogP contribution >= 0.6 is 0 Å². The van der Waals surface area contributed by atoms with E-state index in [-0.39, 0.29) is 17.4 Å². The van der Waals surface area contributed by atoms with E-state index < -0.39 is 17.8 Å². The Hall–Kier alpha value is -4.76. The summed E-state index contributed by atoms with van der Waals surface area (Å²) in [6.45, 7) is 3.44. The fraction of sp³-hybridized carbons (Fsp3) is 0.167. The fourth-order valence-electron chi connectivity index (χ4n) is 4.95. The van der Waals surface area contributed by atoms with Gasteiger partial charge in [0.05, 0.1) is 24.1 Å². The van der Waals surface area contributed by atoms with Crippen LogP contribution in [0.15, 0.2) is 79.1 Å². The van der Waals surface area contributed by atoms with Gasteiger partial charge < -0.3 is 26.0 Å². The molecule has 196 valence electrons. The highest BCUT2D eigenvalue weighted by molar-refractivity contribution is 5.96. The highest BCUT2D eigenvalue weighted by Crippen LogP contribution is 2.32. The van der Waals surface area contributed by atoms with Gasteiger partial charge in [-0.25, -0.2) is 14.4 Å². The summed E-state index contributed by atoms with van der Waals surface area (Å²) in [4.78, 5) is 28.0. The molecule has 0 bridgehead atoms. The van der Waals surface area contributed by atoms with Crippen molar-refractivity contribution < 1.29 is 14.3 Å². The number of aromatic hydroxyl groups is 1. The van der Waals surface area contributed by atoms with E-state index in [9.17, 15) is 14.3 Å². The van der Waals surface area contributed by atoms with Crippen LogP contribution in [0, 0.1) is 12.7 Å². The Bertz CT molecular complexity index is 1640. The van der Waals surface area contributed by atoms with Crippen molar-refractivity contribution in [2.24, 2.45) is 5.73 Å². The SMILES string of the molecule is Cc1cc(C(=O)NC(c2cc3ccccc3[nH]2)c2cc(F)ccc2O)cc(-c2ncc(N3CC(N)C3)cn2)c1. The average Bonchev–Trinajstić information content (AvgIpc) is 3.35. The molecule has 1 saturated heterocycles. The van der Waals surface area contributed by atoms with Crippen LogP contribution in [-0.4, -0.2) is 45.1 Å². The van der Waals surface area contributed by atoms with E-state index in [0.29, 0.717) is 22.6 Å². The van der Waals surface area contributed by atoms with Crippen LogP contribution in [0.3, 0.4) is 0 Å². The second-order valence-corrected chi connectivity index (χ2v) is 9.94. The van der Waals surface area contributed by atoms with E-state index in [0.717, 1.165) is 35.2 Å². The van der Waals surface area contributed by atoms with Crippen molar-refractivity contribution in [3.05, 3.63) is 107 Å². The Kier molecular flexibility index (Phi) is 6.20. The van der Waals surface area contributed by atoms with Gasteiger partial charge in [-0.15, -0.1) is 0 Å². The lowest BCUT2D eigenvalue weighted by atomic mass is 10.0. The van der Waals surface area contributed by atoms with Crippen molar-refractivity contribution in [1.29, 1.82) is 0 Å². The van der Waals surface area contributed by atoms with E-state index in [4.69, 9.17) is 5.73 Å². The first-order valence-corrected chi connectivity index (χ1v) is 12.7. The van der Waals surface area contributed by atoms with Crippen LogP contribution in [0.1, 0.15) is 33.2 Å². The van der Waals surface area contributed by atoms with Gasteiger partial charge in [0.15, 0.2) is 5.82 Å². The van der Waals surface area contributed by atoms with Crippen molar-refractivity contribution in [3.8, 4) is 17.1 Å². The molecule has 2 aromatic heterocycles. The number of nitrogens with zero attached hydrogens (tertiary/aromatic N) is 3. The van der Waals surface area contributed by atoms with Gasteiger partial charge in [0.25, 0.3) is 5.91 Å². The summed E-state index contributed by atoms with van der Waals surface area (Å²) in [7, 11) is 0. The summed E-state index contributed by atoms with van der Waals surface area (Å²) in [5.41, 5.74) is 10.4. The van der Waals surface area contributed by atoms with E-state index in [2.05, 4.69) is 25.2 Å². The van der Waals surface area contributed by atoms with Gasteiger partial charge in [-0.3, -0.25) is 4.79 Å². The molecule has 9 heteroatoms. The number of nitrogens with two attached hydrogens (primary N) is 1. The standard InChI is InChI=1S/C30H27FN6O2/c1-17-8-19(29-33-13-23(14-34-29)37-15-22(32)16-37)10-20(9-17)30(39)36-28(24-12-21(31)6-7-27(24)38)26-11-18-4-2-3-5-25(18)35-26/h2-14,22,28,35,38H,15-16,32H2,1H3,(H,36,39). The van der Waals surface area contributed by atoms with Gasteiger partial charge in [-0.2, -0.15) is 0 Å². The zero-order valence-electron chi connectivity index (χ0n) is 21.2. The molecule has 1 atom stereocenters. The van der Waals surface area contributed by atoms with Crippen molar-refractivity contribution in [2.75, 3.05) is 18.0 Å². The number of aromatic nitrogens is 3. The van der Waals surface area contributed by atoms with Crippen LogP contribution in [-0.2, 0) is 0 Å². The predicted octanol–water partition coefficient (Wildman–Crippen LogP) is 4.44. The first-order valence-electron chi connectivity index (χ1n) is 12.7. The maximum atomic E-state index is 14.2. The second-order valence-electron chi connectivity index (χ2n) is 9.94. The van der Waals surface area contributed by atoms with Crippen LogP contribution in [0.2, 0.25) is 0 Å². The number of anilines is 1. The number of hydrogen-bond donors (Lipinski definition) is 4. The number of benzene rings is 3. The number of amides is 1. The number of phenolic OH excluding ortho intramolecular Hbond substituents is 1. The minimum absolute atomic E-state index is 0.123. The first kappa shape index (κ1) is 24.6. The smallest absolute Gasteiger partial charge is 0.252 e. The molecule has 6 rings (SSSR count). The summed E-state index contributed by atoms with van der Waals surface area (Å²) >= 11 is 0. The molecule has 1 aliphatic heterocycles. The van der Waals surface area contributed by atoms with Crippen molar-refractivity contribution in [1.82, 2.24) is 20.3 Å². The topological polar surface area (TPSA) is 120 Å². The Morgan fingerprint density at radius 3 is 2.62 bits per heavy atom. The number of fused-ring (bicyclic) bond motifs is 1. The van der Waals surface area contributed by atoms with Gasteiger partial charge in [0.1, 0.15) is 11.6 Å². The molecule has 0 spiro atoms. The zero-order chi connectivity index (χ0) is 27.1. The van der Waals surface area contributed by atoms with Gasteiger partial charge >= 0.3 is 0 Å². The summed E-state index contributed by atoms with van der Waals surface area (Å²) in [5, 5.41) is 14.5. The minimum Gasteiger partial charge on any atom is -0.508 e. The summed E-state index contributed by atoms with van der Waals surface area (Å²) in [6, 6.07) is 18.0. The average molecular weight is 523 g/mol. The lowest BCUT2D eigenvalue weighted by Gasteiger charge is -2.38. The van der Waals surface area contributed by atoms with E-state index in [1.165, 1.54) is 18.2 Å². The van der Waals surface area contributed by atoms with Gasteiger partial charge in [0.2, 0.25) is 0 Å². The molecule has 8 nitrogen and oxygen atoms in total. The molecule has 1 aliphatic rings. The Balaban J connectivity index is 1.32. The third-order valence-corrected chi connectivity index (χ3v) is 6.95. The van der Waals surface area contributed by atoms with Crippen molar-refractivity contribution in [2.45, 2.75) is 19.0 Å². The maximum absolute atomic E-state index is 14.2. The van der Waals surface area contributed by atoms with Gasteiger partial charge in [-0.05, 0) is 66.4 Å². The molecule has 39 heavy (non-hydrogen) atoms. The van der Waals surface area contributed by atoms with E-state index in [1.54, 1.807) is 24.5 Å². The quantitative estimate of drug-likeness (QED) is 0.262. The molecule has 1 fully saturated rings. The Morgan fingerprint density at radius 2 is 1.87 bits per heavy atom. The molecule has 1 amide bonds. The number of aryl methyl sites for hydroxylation is 1. The molecule has 3 aromatic carbocycles. The van der Waals surface area contributed by atoms with Crippen molar-refractivity contribution in [3.63, 3.8) is 0 Å². The molecule has 0 saturated carbocycles. The largest absolute Gasteiger partial charge is 0.508 e. The third kappa shape index (κ3) is 4.92. The number of nitrogens with one attached hydrogen (secondary N) is 2. The molecule has 1 unspecified atom stereocenters. The third-order valence-electron chi connectivity index (χ3n) is 6.95. The Morgan fingerprint density at radius 1 is 1.10 bits per heavy atom. The molecule has 0 radical (unpaired) electrons. The van der Waals surface area contributed by atoms with Gasteiger partial charge in [-0.1, -0.05) is 18.2 Å². The molecule has 3 heterocycles. The highest BCUT2D eigenvalue weighted by Gasteiger charge is 2.25. The number of halogens is 1. The van der Waals surface area contributed by atoms with Crippen LogP contribution in [0.4, 0.5) is 10.1 Å². The number of carbonyl (C=O) groups excluding carboxylic acids is 1. The number of hydrogen-bond acceptors (Lipinski definition) is 6. The fourth-order valence-corrected chi connectivity index (χ4v) is 4.95. The monoisotopic (exact) mass is 522 g/mol. The van der Waals surface area contributed by atoms with E-state index in [1.807, 2.05) is 43.3 Å². The predicted molar refractivity (Wildman–Crippen MR) is 148 cm³/mol. The lowest BCUT2D eigenvalue weighted by Crippen LogP contribution is -2.55.